The first kappa shape index (κ1) is 11.7. The molecule has 1 heterocycles. The van der Waals surface area contributed by atoms with Gasteiger partial charge in [-0.05, 0) is 30.3 Å². The molecule has 0 aliphatic rings. The lowest BCUT2D eigenvalue weighted by Gasteiger charge is -1.99. The van der Waals surface area contributed by atoms with E-state index in [0.717, 1.165) is 16.6 Å². The highest BCUT2D eigenvalue weighted by Crippen LogP contribution is 2.27. The number of aromatic carboxylic acids is 1. The summed E-state index contributed by atoms with van der Waals surface area (Å²) >= 11 is 5.85. The third kappa shape index (κ3) is 2.06. The number of nitrogens with zero attached hydrogens (tertiary/aromatic N) is 1. The summed E-state index contributed by atoms with van der Waals surface area (Å²) in [6, 6.07) is 12.2. The van der Waals surface area contributed by atoms with Gasteiger partial charge in [-0.2, -0.15) is 5.10 Å². The Labute approximate surface area is 113 Å². The highest BCUT2D eigenvalue weighted by Gasteiger charge is 2.10. The van der Waals surface area contributed by atoms with E-state index in [1.807, 2.05) is 12.1 Å². The molecular weight excluding hydrogens is 264 g/mol. The predicted octanol–water partition coefficient (Wildman–Crippen LogP) is 3.58. The van der Waals surface area contributed by atoms with Gasteiger partial charge in [0.2, 0.25) is 0 Å². The van der Waals surface area contributed by atoms with Crippen molar-refractivity contribution in [2.45, 2.75) is 0 Å². The Hall–Kier alpha value is -2.33. The van der Waals surface area contributed by atoms with Crippen LogP contribution < -0.4 is 0 Å². The van der Waals surface area contributed by atoms with E-state index in [-0.39, 0.29) is 5.56 Å². The second-order valence-corrected chi connectivity index (χ2v) is 4.58. The van der Waals surface area contributed by atoms with E-state index in [1.165, 1.54) is 0 Å². The summed E-state index contributed by atoms with van der Waals surface area (Å²) < 4.78 is 0. The van der Waals surface area contributed by atoms with Crippen LogP contribution in [0.5, 0.6) is 0 Å². The Bertz CT molecular complexity index is 763. The number of benzene rings is 2. The van der Waals surface area contributed by atoms with E-state index >= 15 is 0 Å². The largest absolute Gasteiger partial charge is 0.478 e. The van der Waals surface area contributed by atoms with Crippen molar-refractivity contribution >= 4 is 28.5 Å². The van der Waals surface area contributed by atoms with Crippen LogP contribution in [0.2, 0.25) is 5.02 Å². The molecule has 0 aliphatic carbocycles. The van der Waals surface area contributed by atoms with Crippen molar-refractivity contribution in [3.63, 3.8) is 0 Å². The summed E-state index contributed by atoms with van der Waals surface area (Å²) in [6.45, 7) is 0. The lowest BCUT2D eigenvalue weighted by atomic mass is 10.1. The van der Waals surface area contributed by atoms with Crippen LogP contribution in [0.1, 0.15) is 10.4 Å². The van der Waals surface area contributed by atoms with Crippen LogP contribution in [-0.4, -0.2) is 21.3 Å². The third-order valence-electron chi connectivity index (χ3n) is 2.93. The number of fused-ring (bicyclic) bond motifs is 1. The molecular formula is C14H9ClN2O2. The lowest BCUT2D eigenvalue weighted by molar-refractivity contribution is 0.0697. The number of hydrogen-bond acceptors (Lipinski definition) is 2. The Morgan fingerprint density at radius 3 is 2.58 bits per heavy atom. The molecule has 0 unspecified atom stereocenters. The first-order chi connectivity index (χ1) is 9.15. The molecule has 94 valence electrons. The Morgan fingerprint density at radius 1 is 1.16 bits per heavy atom. The average molecular weight is 273 g/mol. The number of H-pyrrole nitrogens is 1. The van der Waals surface area contributed by atoms with Gasteiger partial charge in [-0.3, -0.25) is 5.10 Å². The van der Waals surface area contributed by atoms with Crippen LogP contribution in [0, 0.1) is 0 Å². The summed E-state index contributed by atoms with van der Waals surface area (Å²) in [4.78, 5) is 10.9. The van der Waals surface area contributed by atoms with Gasteiger partial charge in [-0.1, -0.05) is 23.7 Å². The fourth-order valence-corrected chi connectivity index (χ4v) is 2.11. The molecule has 0 fully saturated rings. The van der Waals surface area contributed by atoms with Crippen molar-refractivity contribution < 1.29 is 9.90 Å². The number of carbonyl (C=O) groups is 1. The van der Waals surface area contributed by atoms with Crippen LogP contribution in [-0.2, 0) is 0 Å². The predicted molar refractivity (Wildman–Crippen MR) is 73.5 cm³/mol. The van der Waals surface area contributed by atoms with E-state index in [2.05, 4.69) is 10.2 Å². The van der Waals surface area contributed by atoms with Crippen molar-refractivity contribution in [3.8, 4) is 11.3 Å². The zero-order valence-corrected chi connectivity index (χ0v) is 10.5. The second-order valence-electron chi connectivity index (χ2n) is 4.14. The summed E-state index contributed by atoms with van der Waals surface area (Å²) in [5, 5.41) is 17.6. The van der Waals surface area contributed by atoms with Gasteiger partial charge in [0, 0.05) is 16.0 Å². The molecule has 2 aromatic carbocycles. The Morgan fingerprint density at radius 2 is 1.89 bits per heavy atom. The smallest absolute Gasteiger partial charge is 0.335 e. The van der Waals surface area contributed by atoms with Crippen molar-refractivity contribution in [2.75, 3.05) is 0 Å². The standard InChI is InChI=1S/C14H9ClN2O2/c15-10-4-1-8(2-5-10)13-11-6-3-9(14(18)19)7-12(11)16-17-13/h1-7H,(H,16,17)(H,18,19). The highest BCUT2D eigenvalue weighted by molar-refractivity contribution is 6.30. The SMILES string of the molecule is O=C(O)c1ccc2c(-c3ccc(Cl)cc3)n[nH]c2c1. The minimum atomic E-state index is -0.954. The van der Waals surface area contributed by atoms with E-state index in [9.17, 15) is 4.79 Å². The zero-order chi connectivity index (χ0) is 13.4. The highest BCUT2D eigenvalue weighted by atomic mass is 35.5. The fraction of sp³-hybridized carbons (Fsp3) is 0. The van der Waals surface area contributed by atoms with E-state index in [1.54, 1.807) is 30.3 Å². The molecule has 3 aromatic rings. The van der Waals surface area contributed by atoms with Crippen LogP contribution >= 0.6 is 11.6 Å². The Balaban J connectivity index is 2.15. The molecule has 5 heteroatoms. The topological polar surface area (TPSA) is 66.0 Å². The molecule has 0 radical (unpaired) electrons. The van der Waals surface area contributed by atoms with Gasteiger partial charge in [-0.15, -0.1) is 0 Å². The lowest BCUT2D eigenvalue weighted by Crippen LogP contribution is -1.94. The number of carboxylic acid groups (broad SMARTS) is 1. The monoisotopic (exact) mass is 272 g/mol. The number of aromatic nitrogens is 2. The normalized spacial score (nSPS) is 10.8. The van der Waals surface area contributed by atoms with Gasteiger partial charge in [0.15, 0.2) is 0 Å². The summed E-state index contributed by atoms with van der Waals surface area (Å²) in [5.74, 6) is -0.954. The molecule has 1 aromatic heterocycles. The Kier molecular flexibility index (Phi) is 2.72. The maximum Gasteiger partial charge on any atom is 0.335 e. The van der Waals surface area contributed by atoms with Gasteiger partial charge in [0.1, 0.15) is 0 Å². The maximum absolute atomic E-state index is 10.9. The first-order valence-corrected chi connectivity index (χ1v) is 6.00. The molecule has 0 amide bonds. The molecule has 0 saturated heterocycles. The summed E-state index contributed by atoms with van der Waals surface area (Å²) in [5.41, 5.74) is 2.64. The zero-order valence-electron chi connectivity index (χ0n) is 9.72. The second kappa shape index (κ2) is 4.40. The third-order valence-corrected chi connectivity index (χ3v) is 3.18. The molecule has 3 rings (SSSR count). The number of nitrogens with one attached hydrogen (secondary N) is 1. The molecule has 0 aliphatic heterocycles. The van der Waals surface area contributed by atoms with Gasteiger partial charge in [0.25, 0.3) is 0 Å². The van der Waals surface area contributed by atoms with Gasteiger partial charge >= 0.3 is 5.97 Å². The van der Waals surface area contributed by atoms with Crippen LogP contribution in [0.3, 0.4) is 0 Å². The number of rotatable bonds is 2. The number of aromatic amines is 1. The maximum atomic E-state index is 10.9. The average Bonchev–Trinajstić information content (AvgIpc) is 2.82. The van der Waals surface area contributed by atoms with Gasteiger partial charge in [0.05, 0.1) is 16.8 Å². The van der Waals surface area contributed by atoms with Crippen molar-refractivity contribution in [2.24, 2.45) is 0 Å². The minimum Gasteiger partial charge on any atom is -0.478 e. The van der Waals surface area contributed by atoms with Crippen LogP contribution in [0.25, 0.3) is 22.2 Å². The van der Waals surface area contributed by atoms with E-state index < -0.39 is 5.97 Å². The van der Waals surface area contributed by atoms with E-state index in [4.69, 9.17) is 16.7 Å². The van der Waals surface area contributed by atoms with Gasteiger partial charge in [-0.25, -0.2) is 4.79 Å². The molecule has 0 spiro atoms. The molecule has 0 bridgehead atoms. The van der Waals surface area contributed by atoms with E-state index in [0.29, 0.717) is 10.5 Å². The van der Waals surface area contributed by atoms with Crippen LogP contribution in [0.15, 0.2) is 42.5 Å². The van der Waals surface area contributed by atoms with Gasteiger partial charge < -0.3 is 5.11 Å². The van der Waals surface area contributed by atoms with Crippen molar-refractivity contribution in [3.05, 3.63) is 53.1 Å². The molecule has 0 saturated carbocycles. The summed E-state index contributed by atoms with van der Waals surface area (Å²) in [6.07, 6.45) is 0. The van der Waals surface area contributed by atoms with Crippen LogP contribution in [0.4, 0.5) is 0 Å². The van der Waals surface area contributed by atoms with Crippen molar-refractivity contribution in [1.82, 2.24) is 10.2 Å². The minimum absolute atomic E-state index is 0.235. The number of halogens is 1. The number of carboxylic acids is 1. The molecule has 19 heavy (non-hydrogen) atoms. The fourth-order valence-electron chi connectivity index (χ4n) is 1.98. The number of hydrogen-bond donors (Lipinski definition) is 2. The summed E-state index contributed by atoms with van der Waals surface area (Å²) in [7, 11) is 0. The first-order valence-electron chi connectivity index (χ1n) is 5.62. The molecule has 0 atom stereocenters. The molecule has 4 nitrogen and oxygen atoms in total. The molecule has 2 N–H and O–H groups in total. The van der Waals surface area contributed by atoms with Crippen molar-refractivity contribution in [1.29, 1.82) is 0 Å². The quantitative estimate of drug-likeness (QED) is 0.749.